The Hall–Kier alpha value is -1.36. The molecule has 116 valence electrons. The number of hydrogen-bond donors (Lipinski definition) is 0. The lowest BCUT2D eigenvalue weighted by atomic mass is 10.2. The number of amides is 1. The number of hydrogen-bond acceptors (Lipinski definition) is 3. The Balaban J connectivity index is 2.07. The average molecular weight is 356 g/mol. The molecule has 0 aromatic heterocycles. The number of thioether (sulfide) groups is 1. The summed E-state index contributed by atoms with van der Waals surface area (Å²) >= 11 is 13.4. The fraction of sp³-hybridized carbons (Fsp3) is 0.188. The summed E-state index contributed by atoms with van der Waals surface area (Å²) in [5, 5.41) is 1.18. The lowest BCUT2D eigenvalue weighted by Gasteiger charge is -2.19. The summed E-state index contributed by atoms with van der Waals surface area (Å²) < 4.78 is 5.28. The van der Waals surface area contributed by atoms with Gasteiger partial charge >= 0.3 is 0 Å². The van der Waals surface area contributed by atoms with Crippen LogP contribution in [-0.4, -0.2) is 25.8 Å². The summed E-state index contributed by atoms with van der Waals surface area (Å²) in [5.41, 5.74) is 0.729. The van der Waals surface area contributed by atoms with Gasteiger partial charge in [-0.05, 0) is 30.3 Å². The lowest BCUT2D eigenvalue weighted by molar-refractivity contribution is -0.115. The van der Waals surface area contributed by atoms with Crippen molar-refractivity contribution in [3.63, 3.8) is 0 Å². The van der Waals surface area contributed by atoms with Crippen LogP contribution in [0, 0.1) is 0 Å². The molecule has 0 unspecified atom stereocenters. The van der Waals surface area contributed by atoms with Crippen molar-refractivity contribution < 1.29 is 9.53 Å². The van der Waals surface area contributed by atoms with E-state index >= 15 is 0 Å². The number of methoxy groups -OCH3 is 1. The van der Waals surface area contributed by atoms with Crippen LogP contribution in [-0.2, 0) is 4.79 Å². The van der Waals surface area contributed by atoms with Crippen molar-refractivity contribution in [3.05, 3.63) is 52.5 Å². The third-order valence-corrected chi connectivity index (χ3v) is 4.78. The molecule has 0 N–H and O–H groups in total. The van der Waals surface area contributed by atoms with Gasteiger partial charge in [0, 0.05) is 17.0 Å². The predicted molar refractivity (Wildman–Crippen MR) is 93.6 cm³/mol. The van der Waals surface area contributed by atoms with Crippen molar-refractivity contribution in [2.75, 3.05) is 24.8 Å². The number of halogens is 2. The zero-order valence-electron chi connectivity index (χ0n) is 12.2. The molecule has 0 radical (unpaired) electrons. The van der Waals surface area contributed by atoms with Gasteiger partial charge in [0.2, 0.25) is 5.91 Å². The largest absolute Gasteiger partial charge is 0.495 e. The van der Waals surface area contributed by atoms with E-state index in [1.54, 1.807) is 37.3 Å². The van der Waals surface area contributed by atoms with Gasteiger partial charge in [0.25, 0.3) is 0 Å². The molecule has 0 heterocycles. The molecule has 0 fully saturated rings. The summed E-state index contributed by atoms with van der Waals surface area (Å²) in [5.74, 6) is 0.865. The van der Waals surface area contributed by atoms with E-state index in [1.165, 1.54) is 11.8 Å². The van der Waals surface area contributed by atoms with Crippen LogP contribution in [0.3, 0.4) is 0 Å². The zero-order chi connectivity index (χ0) is 16.1. The first kappa shape index (κ1) is 17.0. The van der Waals surface area contributed by atoms with Gasteiger partial charge < -0.3 is 9.64 Å². The molecule has 3 nitrogen and oxygen atoms in total. The third-order valence-electron chi connectivity index (χ3n) is 3.07. The molecular weight excluding hydrogens is 341 g/mol. The Bertz CT molecular complexity index is 679. The van der Waals surface area contributed by atoms with Gasteiger partial charge in [-0.2, -0.15) is 0 Å². The first-order valence-electron chi connectivity index (χ1n) is 6.50. The number of carbonyl (C=O) groups excluding carboxylic acids is 1. The molecule has 2 aromatic rings. The minimum atomic E-state index is -0.0504. The average Bonchev–Trinajstić information content (AvgIpc) is 2.54. The van der Waals surface area contributed by atoms with Gasteiger partial charge in [-0.25, -0.2) is 0 Å². The summed E-state index contributed by atoms with van der Waals surface area (Å²) in [7, 11) is 3.30. The molecular formula is C16H15Cl2NO2S. The van der Waals surface area contributed by atoms with E-state index < -0.39 is 0 Å². The highest BCUT2D eigenvalue weighted by atomic mass is 35.5. The van der Waals surface area contributed by atoms with Crippen LogP contribution in [0.1, 0.15) is 0 Å². The number of para-hydroxylation sites is 2. The summed E-state index contributed by atoms with van der Waals surface area (Å²) in [6, 6.07) is 12.6. The molecule has 0 saturated heterocycles. The summed E-state index contributed by atoms with van der Waals surface area (Å²) in [6.07, 6.45) is 0. The van der Waals surface area contributed by atoms with Crippen molar-refractivity contribution in [2.24, 2.45) is 0 Å². The van der Waals surface area contributed by atoms with E-state index in [4.69, 9.17) is 27.9 Å². The number of benzene rings is 2. The first-order chi connectivity index (χ1) is 10.5. The number of anilines is 1. The molecule has 2 aromatic carbocycles. The normalized spacial score (nSPS) is 10.4. The van der Waals surface area contributed by atoms with Crippen LogP contribution in [0.4, 0.5) is 5.69 Å². The second-order valence-electron chi connectivity index (χ2n) is 4.49. The van der Waals surface area contributed by atoms with E-state index in [0.29, 0.717) is 15.8 Å². The van der Waals surface area contributed by atoms with Crippen molar-refractivity contribution in [1.82, 2.24) is 0 Å². The smallest absolute Gasteiger partial charge is 0.237 e. The zero-order valence-corrected chi connectivity index (χ0v) is 14.5. The minimum Gasteiger partial charge on any atom is -0.495 e. The Morgan fingerprint density at radius 1 is 1.23 bits per heavy atom. The molecule has 2 rings (SSSR count). The minimum absolute atomic E-state index is 0.0504. The van der Waals surface area contributed by atoms with Gasteiger partial charge in [0.05, 0.1) is 23.6 Å². The highest BCUT2D eigenvalue weighted by Gasteiger charge is 2.15. The maximum Gasteiger partial charge on any atom is 0.237 e. The molecule has 0 saturated carbocycles. The van der Waals surface area contributed by atoms with Crippen molar-refractivity contribution in [2.45, 2.75) is 4.90 Å². The van der Waals surface area contributed by atoms with E-state index in [-0.39, 0.29) is 11.7 Å². The van der Waals surface area contributed by atoms with E-state index in [1.807, 2.05) is 24.3 Å². The van der Waals surface area contributed by atoms with Gasteiger partial charge in [-0.1, -0.05) is 35.3 Å². The molecule has 0 atom stereocenters. The first-order valence-corrected chi connectivity index (χ1v) is 8.24. The molecule has 0 aliphatic carbocycles. The van der Waals surface area contributed by atoms with Crippen molar-refractivity contribution >= 4 is 46.6 Å². The summed E-state index contributed by atoms with van der Waals surface area (Å²) in [4.78, 5) is 14.7. The maximum atomic E-state index is 12.4. The quantitative estimate of drug-likeness (QED) is 0.724. The summed E-state index contributed by atoms with van der Waals surface area (Å²) in [6.45, 7) is 0. The van der Waals surface area contributed by atoms with Crippen LogP contribution in [0.25, 0.3) is 0 Å². The third kappa shape index (κ3) is 4.09. The number of rotatable bonds is 5. The number of carbonyl (C=O) groups is 1. The van der Waals surface area contributed by atoms with Crippen LogP contribution < -0.4 is 9.64 Å². The Morgan fingerprint density at radius 3 is 2.68 bits per heavy atom. The monoisotopic (exact) mass is 355 g/mol. The lowest BCUT2D eigenvalue weighted by Crippen LogP contribution is -2.28. The van der Waals surface area contributed by atoms with E-state index in [9.17, 15) is 4.79 Å². The molecule has 0 bridgehead atoms. The van der Waals surface area contributed by atoms with Crippen molar-refractivity contribution in [1.29, 1.82) is 0 Å². The molecule has 0 spiro atoms. The van der Waals surface area contributed by atoms with Crippen LogP contribution >= 0.6 is 35.0 Å². The Labute approximate surface area is 144 Å². The fourth-order valence-electron chi connectivity index (χ4n) is 1.87. The van der Waals surface area contributed by atoms with E-state index in [0.717, 1.165) is 10.6 Å². The number of nitrogens with zero attached hydrogens (tertiary/aromatic N) is 1. The standard InChI is InChI=1S/C16H15Cl2NO2S/c1-19(13-5-3-4-6-14(13)21-2)16(20)10-22-15-9-11(17)7-8-12(15)18/h3-9H,10H2,1-2H3. The molecule has 6 heteroatoms. The molecule has 0 aliphatic rings. The Kier molecular flexibility index (Phi) is 6.00. The van der Waals surface area contributed by atoms with Gasteiger partial charge in [0.15, 0.2) is 0 Å². The second-order valence-corrected chi connectivity index (χ2v) is 6.35. The van der Waals surface area contributed by atoms with Gasteiger partial charge in [-0.15, -0.1) is 11.8 Å². The SMILES string of the molecule is COc1ccccc1N(C)C(=O)CSc1cc(Cl)ccc1Cl. The molecule has 0 aliphatic heterocycles. The fourth-order valence-corrected chi connectivity index (χ4v) is 3.27. The van der Waals surface area contributed by atoms with Gasteiger partial charge in [0.1, 0.15) is 5.75 Å². The predicted octanol–water partition coefficient (Wildman–Crippen LogP) is 4.76. The number of ether oxygens (including phenoxy) is 1. The van der Waals surface area contributed by atoms with Crippen LogP contribution in [0.15, 0.2) is 47.4 Å². The van der Waals surface area contributed by atoms with Crippen LogP contribution in [0.2, 0.25) is 10.0 Å². The maximum absolute atomic E-state index is 12.4. The van der Waals surface area contributed by atoms with E-state index in [2.05, 4.69) is 0 Å². The molecule has 1 amide bonds. The Morgan fingerprint density at radius 2 is 1.95 bits per heavy atom. The van der Waals surface area contributed by atoms with Crippen molar-refractivity contribution in [3.8, 4) is 5.75 Å². The highest BCUT2D eigenvalue weighted by molar-refractivity contribution is 8.00. The highest BCUT2D eigenvalue weighted by Crippen LogP contribution is 2.31. The second kappa shape index (κ2) is 7.77. The molecule has 22 heavy (non-hydrogen) atoms. The van der Waals surface area contributed by atoms with Gasteiger partial charge in [-0.3, -0.25) is 4.79 Å². The van der Waals surface area contributed by atoms with Crippen LogP contribution in [0.5, 0.6) is 5.75 Å². The topological polar surface area (TPSA) is 29.5 Å².